The molecule has 0 radical (unpaired) electrons. The minimum Gasteiger partial charge on any atom is -0.462 e. The van der Waals surface area contributed by atoms with Crippen molar-refractivity contribution >= 4 is 18.0 Å². The van der Waals surface area contributed by atoms with Crippen molar-refractivity contribution < 1.29 is 28.6 Å². The highest BCUT2D eigenvalue weighted by atomic mass is 16.6. The van der Waals surface area contributed by atoms with E-state index in [9.17, 15) is 14.4 Å². The molecule has 8 heteroatoms. The van der Waals surface area contributed by atoms with E-state index >= 15 is 0 Å². The standard InChI is InChI=1S/C45H84N2O6/c1-5-7-9-11-13-15-17-19-21-23-25-27-29-31-33-36-43(48)51-40-42(53-45(50)46-38-35-39-47(3)4)41-52-44(49)37-34-32-30-28-26-24-22-20-18-16-14-12-10-8-6-2/h19-22,42H,5-18,23-41H2,1-4H3,(H,46,50). The average molecular weight is 749 g/mol. The molecular weight excluding hydrogens is 665 g/mol. The molecule has 310 valence electrons. The summed E-state index contributed by atoms with van der Waals surface area (Å²) in [7, 11) is 3.95. The third-order valence-corrected chi connectivity index (χ3v) is 9.47. The SMILES string of the molecule is CCCCCCCCC=CCCCCCCCC(=O)OCC(COC(=O)CCCCCCCC=CCCCCCCCC)OC(=O)NCCCN(C)C. The summed E-state index contributed by atoms with van der Waals surface area (Å²) >= 11 is 0. The van der Waals surface area contributed by atoms with E-state index in [0.717, 1.165) is 64.3 Å². The van der Waals surface area contributed by atoms with Gasteiger partial charge in [-0.15, -0.1) is 0 Å². The van der Waals surface area contributed by atoms with Crippen LogP contribution in [0.5, 0.6) is 0 Å². The van der Waals surface area contributed by atoms with Crippen LogP contribution in [0.15, 0.2) is 24.3 Å². The number of alkyl carbamates (subject to hydrolysis) is 1. The zero-order chi connectivity index (χ0) is 38.9. The van der Waals surface area contributed by atoms with Crippen LogP contribution in [0.2, 0.25) is 0 Å². The van der Waals surface area contributed by atoms with E-state index in [-0.39, 0.29) is 25.2 Å². The van der Waals surface area contributed by atoms with Crippen LogP contribution in [0.25, 0.3) is 0 Å². The number of hydrogen-bond acceptors (Lipinski definition) is 7. The van der Waals surface area contributed by atoms with E-state index in [1.54, 1.807) is 0 Å². The second kappa shape index (κ2) is 40.8. The summed E-state index contributed by atoms with van der Waals surface area (Å²) in [5, 5.41) is 2.73. The molecule has 0 bridgehead atoms. The zero-order valence-electron chi connectivity index (χ0n) is 35.1. The van der Waals surface area contributed by atoms with Crippen LogP contribution in [0.1, 0.15) is 200 Å². The molecule has 0 aromatic carbocycles. The van der Waals surface area contributed by atoms with Gasteiger partial charge < -0.3 is 24.4 Å². The van der Waals surface area contributed by atoms with Crippen molar-refractivity contribution in [1.82, 2.24) is 10.2 Å². The Balaban J connectivity index is 4.19. The Morgan fingerprint density at radius 2 is 0.868 bits per heavy atom. The lowest BCUT2D eigenvalue weighted by atomic mass is 10.1. The average Bonchev–Trinajstić information content (AvgIpc) is 3.14. The summed E-state index contributed by atoms with van der Waals surface area (Å²) in [6.45, 7) is 5.56. The summed E-state index contributed by atoms with van der Waals surface area (Å²) in [6.07, 6.45) is 40.5. The quantitative estimate of drug-likeness (QED) is 0.0289. The summed E-state index contributed by atoms with van der Waals surface area (Å²) < 4.78 is 16.4. The van der Waals surface area contributed by atoms with Crippen molar-refractivity contribution in [2.45, 2.75) is 206 Å². The number of carbonyl (C=O) groups is 3. The predicted molar refractivity (Wildman–Crippen MR) is 222 cm³/mol. The van der Waals surface area contributed by atoms with Gasteiger partial charge in [-0.25, -0.2) is 4.79 Å². The summed E-state index contributed by atoms with van der Waals surface area (Å²) in [4.78, 5) is 39.3. The molecule has 0 fully saturated rings. The lowest BCUT2D eigenvalue weighted by Crippen LogP contribution is -2.36. The summed E-state index contributed by atoms with van der Waals surface area (Å²) in [5.41, 5.74) is 0. The van der Waals surface area contributed by atoms with Crippen LogP contribution in [0, 0.1) is 0 Å². The van der Waals surface area contributed by atoms with Crippen LogP contribution >= 0.6 is 0 Å². The maximum absolute atomic E-state index is 12.4. The Morgan fingerprint density at radius 1 is 0.509 bits per heavy atom. The van der Waals surface area contributed by atoms with Crippen LogP contribution in [-0.2, 0) is 23.8 Å². The van der Waals surface area contributed by atoms with Crippen molar-refractivity contribution in [3.05, 3.63) is 24.3 Å². The Labute approximate surface area is 327 Å². The van der Waals surface area contributed by atoms with Gasteiger partial charge in [0, 0.05) is 19.4 Å². The molecule has 8 nitrogen and oxygen atoms in total. The molecule has 0 aliphatic heterocycles. The number of carbonyl (C=O) groups excluding carboxylic acids is 3. The molecule has 1 N–H and O–H groups in total. The molecular formula is C45H84N2O6. The fourth-order valence-electron chi connectivity index (χ4n) is 6.09. The normalized spacial score (nSPS) is 12.2. The Morgan fingerprint density at radius 3 is 1.25 bits per heavy atom. The molecule has 0 saturated carbocycles. The number of ether oxygens (including phenoxy) is 3. The van der Waals surface area contributed by atoms with Crippen molar-refractivity contribution in [1.29, 1.82) is 0 Å². The highest BCUT2D eigenvalue weighted by Gasteiger charge is 2.19. The molecule has 0 heterocycles. The van der Waals surface area contributed by atoms with Gasteiger partial charge in [0.25, 0.3) is 0 Å². The first-order valence-corrected chi connectivity index (χ1v) is 22.1. The zero-order valence-corrected chi connectivity index (χ0v) is 35.1. The van der Waals surface area contributed by atoms with E-state index in [1.807, 2.05) is 19.0 Å². The van der Waals surface area contributed by atoms with E-state index in [1.165, 1.54) is 116 Å². The van der Waals surface area contributed by atoms with Crippen LogP contribution < -0.4 is 5.32 Å². The molecule has 0 spiro atoms. The van der Waals surface area contributed by atoms with E-state index in [0.29, 0.717) is 19.4 Å². The lowest BCUT2D eigenvalue weighted by molar-refractivity contribution is -0.152. The Kier molecular flexibility index (Phi) is 39.0. The number of unbranched alkanes of at least 4 members (excludes halogenated alkanes) is 22. The molecule has 0 aromatic rings. The number of rotatable bonds is 39. The van der Waals surface area contributed by atoms with Crippen LogP contribution in [-0.4, -0.2) is 69.4 Å². The first kappa shape index (κ1) is 50.6. The number of esters is 2. The van der Waals surface area contributed by atoms with Gasteiger partial charge in [-0.2, -0.15) is 0 Å². The second-order valence-electron chi connectivity index (χ2n) is 15.1. The third-order valence-electron chi connectivity index (χ3n) is 9.47. The number of allylic oxidation sites excluding steroid dienone is 4. The van der Waals surface area contributed by atoms with E-state index in [2.05, 4.69) is 43.5 Å². The molecule has 0 saturated heterocycles. The first-order valence-electron chi connectivity index (χ1n) is 22.1. The minimum absolute atomic E-state index is 0.129. The Bertz CT molecular complexity index is 834. The smallest absolute Gasteiger partial charge is 0.407 e. The summed E-state index contributed by atoms with van der Waals surface area (Å²) in [5.74, 6) is -0.635. The molecule has 53 heavy (non-hydrogen) atoms. The van der Waals surface area contributed by atoms with Gasteiger partial charge >= 0.3 is 18.0 Å². The van der Waals surface area contributed by atoms with Crippen LogP contribution in [0.4, 0.5) is 4.79 Å². The van der Waals surface area contributed by atoms with Gasteiger partial charge in [0.1, 0.15) is 13.2 Å². The van der Waals surface area contributed by atoms with Crippen molar-refractivity contribution in [2.75, 3.05) is 40.4 Å². The van der Waals surface area contributed by atoms with Gasteiger partial charge in [0.15, 0.2) is 6.10 Å². The largest absolute Gasteiger partial charge is 0.462 e. The molecule has 0 aliphatic carbocycles. The molecule has 0 atom stereocenters. The number of hydrogen-bond donors (Lipinski definition) is 1. The number of nitrogens with zero attached hydrogens (tertiary/aromatic N) is 1. The molecule has 0 unspecified atom stereocenters. The Hall–Kier alpha value is -2.35. The fraction of sp³-hybridized carbons (Fsp3) is 0.844. The lowest BCUT2D eigenvalue weighted by Gasteiger charge is -2.19. The van der Waals surface area contributed by atoms with E-state index in [4.69, 9.17) is 14.2 Å². The molecule has 0 aliphatic rings. The van der Waals surface area contributed by atoms with Gasteiger partial charge in [0.05, 0.1) is 0 Å². The minimum atomic E-state index is -0.847. The highest BCUT2D eigenvalue weighted by molar-refractivity contribution is 5.70. The summed E-state index contributed by atoms with van der Waals surface area (Å²) in [6, 6.07) is 0. The first-order chi connectivity index (χ1) is 25.9. The molecule has 0 aromatic heterocycles. The van der Waals surface area contributed by atoms with Crippen molar-refractivity contribution in [2.24, 2.45) is 0 Å². The highest BCUT2D eigenvalue weighted by Crippen LogP contribution is 2.13. The second-order valence-corrected chi connectivity index (χ2v) is 15.1. The van der Waals surface area contributed by atoms with Crippen molar-refractivity contribution in [3.63, 3.8) is 0 Å². The maximum atomic E-state index is 12.4. The number of nitrogens with one attached hydrogen (secondary N) is 1. The van der Waals surface area contributed by atoms with Gasteiger partial charge in [0.2, 0.25) is 0 Å². The predicted octanol–water partition coefficient (Wildman–Crippen LogP) is 12.2. The maximum Gasteiger partial charge on any atom is 0.407 e. The monoisotopic (exact) mass is 749 g/mol. The van der Waals surface area contributed by atoms with Gasteiger partial charge in [-0.05, 0) is 91.3 Å². The van der Waals surface area contributed by atoms with E-state index < -0.39 is 12.2 Å². The van der Waals surface area contributed by atoms with Crippen LogP contribution in [0.3, 0.4) is 0 Å². The molecule has 1 amide bonds. The molecule has 0 rings (SSSR count). The number of amides is 1. The van der Waals surface area contributed by atoms with Crippen molar-refractivity contribution in [3.8, 4) is 0 Å². The fourth-order valence-corrected chi connectivity index (χ4v) is 6.09. The third kappa shape index (κ3) is 40.7. The van der Waals surface area contributed by atoms with Gasteiger partial charge in [-0.3, -0.25) is 9.59 Å². The van der Waals surface area contributed by atoms with Gasteiger partial charge in [-0.1, -0.05) is 141 Å². The topological polar surface area (TPSA) is 94.2 Å².